The highest BCUT2D eigenvalue weighted by Crippen LogP contribution is 2.09. The highest BCUT2D eigenvalue weighted by atomic mass is 16.2. The van der Waals surface area contributed by atoms with Gasteiger partial charge in [-0.3, -0.25) is 4.79 Å². The van der Waals surface area contributed by atoms with E-state index in [0.717, 1.165) is 32.4 Å². The van der Waals surface area contributed by atoms with Gasteiger partial charge >= 0.3 is 0 Å². The fourth-order valence-electron chi connectivity index (χ4n) is 2.97. The number of likely N-dealkylation sites (tertiary alicyclic amines) is 1. The molecule has 0 aromatic rings. The summed E-state index contributed by atoms with van der Waals surface area (Å²) < 4.78 is 0. The maximum Gasteiger partial charge on any atom is 0.246 e. The fourth-order valence-corrected chi connectivity index (χ4v) is 2.97. The van der Waals surface area contributed by atoms with Crippen molar-refractivity contribution in [2.45, 2.75) is 84.0 Å². The largest absolute Gasteiger partial charge is 0.339 e. The SMILES string of the molecule is CCCC/C=C\CCCCCCC/C=C/C=C/C(=O)N1CCCC1. The lowest BCUT2D eigenvalue weighted by Crippen LogP contribution is -2.25. The summed E-state index contributed by atoms with van der Waals surface area (Å²) in [7, 11) is 0. The Labute approximate surface area is 149 Å². The molecule has 0 aliphatic carbocycles. The maximum absolute atomic E-state index is 11.8. The molecule has 0 atom stereocenters. The molecule has 1 fully saturated rings. The average molecular weight is 332 g/mol. The van der Waals surface area contributed by atoms with E-state index < -0.39 is 0 Å². The van der Waals surface area contributed by atoms with Crippen LogP contribution in [0.1, 0.15) is 84.0 Å². The monoisotopic (exact) mass is 331 g/mol. The Bertz CT molecular complexity index is 389. The van der Waals surface area contributed by atoms with Crippen LogP contribution in [0, 0.1) is 0 Å². The lowest BCUT2D eigenvalue weighted by atomic mass is 10.1. The summed E-state index contributed by atoms with van der Waals surface area (Å²) >= 11 is 0. The van der Waals surface area contributed by atoms with Gasteiger partial charge in [-0.1, -0.05) is 69.4 Å². The first-order valence-corrected chi connectivity index (χ1v) is 10.1. The van der Waals surface area contributed by atoms with Gasteiger partial charge in [0.05, 0.1) is 0 Å². The molecular formula is C22H37NO. The molecule has 0 bridgehead atoms. The number of carbonyl (C=O) groups is 1. The Kier molecular flexibility index (Phi) is 13.2. The molecule has 2 nitrogen and oxygen atoms in total. The van der Waals surface area contributed by atoms with Crippen molar-refractivity contribution in [3.8, 4) is 0 Å². The third-order valence-electron chi connectivity index (χ3n) is 4.54. The van der Waals surface area contributed by atoms with Crippen LogP contribution in [0.25, 0.3) is 0 Å². The molecule has 0 unspecified atom stereocenters. The number of hydrogen-bond acceptors (Lipinski definition) is 1. The van der Waals surface area contributed by atoms with Gasteiger partial charge in [-0.2, -0.15) is 0 Å². The van der Waals surface area contributed by atoms with Gasteiger partial charge in [-0.25, -0.2) is 0 Å². The Morgan fingerprint density at radius 1 is 0.792 bits per heavy atom. The summed E-state index contributed by atoms with van der Waals surface area (Å²) in [5.74, 6) is 0.167. The van der Waals surface area contributed by atoms with Crippen LogP contribution in [-0.4, -0.2) is 23.9 Å². The summed E-state index contributed by atoms with van der Waals surface area (Å²) in [6.07, 6.45) is 27.7. The van der Waals surface area contributed by atoms with Crippen LogP contribution in [0.2, 0.25) is 0 Å². The van der Waals surface area contributed by atoms with E-state index in [1.807, 2.05) is 17.1 Å². The number of unbranched alkanes of at least 4 members (excludes halogenated alkanes) is 8. The molecule has 0 radical (unpaired) electrons. The van der Waals surface area contributed by atoms with Crippen LogP contribution in [0.15, 0.2) is 36.5 Å². The highest BCUT2D eigenvalue weighted by Gasteiger charge is 2.14. The van der Waals surface area contributed by atoms with Gasteiger partial charge in [0.25, 0.3) is 0 Å². The van der Waals surface area contributed by atoms with Crippen LogP contribution in [0.3, 0.4) is 0 Å². The zero-order chi connectivity index (χ0) is 17.3. The minimum Gasteiger partial charge on any atom is -0.339 e. The van der Waals surface area contributed by atoms with Gasteiger partial charge < -0.3 is 4.90 Å². The molecule has 1 saturated heterocycles. The second-order valence-electron chi connectivity index (χ2n) is 6.78. The van der Waals surface area contributed by atoms with E-state index in [-0.39, 0.29) is 5.91 Å². The lowest BCUT2D eigenvalue weighted by Gasteiger charge is -2.11. The summed E-state index contributed by atoms with van der Waals surface area (Å²) in [6.45, 7) is 4.11. The second kappa shape index (κ2) is 15.2. The quantitative estimate of drug-likeness (QED) is 0.170. The minimum absolute atomic E-state index is 0.167. The van der Waals surface area contributed by atoms with E-state index >= 15 is 0 Å². The van der Waals surface area contributed by atoms with Crippen molar-refractivity contribution in [1.29, 1.82) is 0 Å². The maximum atomic E-state index is 11.8. The van der Waals surface area contributed by atoms with E-state index in [1.54, 1.807) is 6.08 Å². The predicted molar refractivity (Wildman–Crippen MR) is 105 cm³/mol. The number of hydrogen-bond donors (Lipinski definition) is 0. The van der Waals surface area contributed by atoms with Crippen molar-refractivity contribution in [2.75, 3.05) is 13.1 Å². The second-order valence-corrected chi connectivity index (χ2v) is 6.78. The molecule has 0 saturated carbocycles. The van der Waals surface area contributed by atoms with Crippen molar-refractivity contribution >= 4 is 5.91 Å². The topological polar surface area (TPSA) is 20.3 Å². The van der Waals surface area contributed by atoms with E-state index in [1.165, 1.54) is 57.8 Å². The summed E-state index contributed by atoms with van der Waals surface area (Å²) in [6, 6.07) is 0. The summed E-state index contributed by atoms with van der Waals surface area (Å²) in [5.41, 5.74) is 0. The van der Waals surface area contributed by atoms with Gasteiger partial charge in [-0.15, -0.1) is 0 Å². The zero-order valence-corrected chi connectivity index (χ0v) is 15.7. The number of carbonyl (C=O) groups excluding carboxylic acids is 1. The van der Waals surface area contributed by atoms with Crippen molar-refractivity contribution in [1.82, 2.24) is 4.90 Å². The van der Waals surface area contributed by atoms with Crippen LogP contribution in [0.4, 0.5) is 0 Å². The molecule has 1 amide bonds. The Morgan fingerprint density at radius 2 is 1.38 bits per heavy atom. The van der Waals surface area contributed by atoms with Crippen molar-refractivity contribution in [3.05, 3.63) is 36.5 Å². The van der Waals surface area contributed by atoms with Gasteiger partial charge in [0.1, 0.15) is 0 Å². The Morgan fingerprint density at radius 3 is 2.04 bits per heavy atom. The first-order valence-electron chi connectivity index (χ1n) is 10.1. The first kappa shape index (κ1) is 20.7. The van der Waals surface area contributed by atoms with E-state index in [4.69, 9.17) is 0 Å². The summed E-state index contributed by atoms with van der Waals surface area (Å²) in [4.78, 5) is 13.7. The van der Waals surface area contributed by atoms with Crippen LogP contribution in [0.5, 0.6) is 0 Å². The third-order valence-corrected chi connectivity index (χ3v) is 4.54. The fraction of sp³-hybridized carbons (Fsp3) is 0.682. The minimum atomic E-state index is 0.167. The molecule has 1 heterocycles. The van der Waals surface area contributed by atoms with E-state index in [9.17, 15) is 4.79 Å². The molecule has 2 heteroatoms. The number of nitrogens with zero attached hydrogens (tertiary/aromatic N) is 1. The summed E-state index contributed by atoms with van der Waals surface area (Å²) in [5, 5.41) is 0. The molecule has 0 N–H and O–H groups in total. The lowest BCUT2D eigenvalue weighted by molar-refractivity contribution is -0.124. The van der Waals surface area contributed by atoms with E-state index in [2.05, 4.69) is 25.2 Å². The van der Waals surface area contributed by atoms with Gasteiger partial charge in [-0.05, 0) is 44.9 Å². The molecule has 1 rings (SSSR count). The molecule has 0 spiro atoms. The Hall–Kier alpha value is -1.31. The predicted octanol–water partition coefficient (Wildman–Crippen LogP) is 6.20. The average Bonchev–Trinajstić information content (AvgIpc) is 3.13. The molecular weight excluding hydrogens is 294 g/mol. The normalized spacial score (nSPS) is 15.5. The third kappa shape index (κ3) is 11.3. The van der Waals surface area contributed by atoms with Crippen molar-refractivity contribution in [3.63, 3.8) is 0 Å². The van der Waals surface area contributed by atoms with Gasteiger partial charge in [0.2, 0.25) is 5.91 Å². The van der Waals surface area contributed by atoms with Crippen LogP contribution in [-0.2, 0) is 4.79 Å². The molecule has 1 aliphatic rings. The molecule has 136 valence electrons. The highest BCUT2D eigenvalue weighted by molar-refractivity contribution is 5.88. The van der Waals surface area contributed by atoms with Gasteiger partial charge in [0, 0.05) is 19.2 Å². The molecule has 0 aromatic carbocycles. The number of amides is 1. The molecule has 1 aliphatic heterocycles. The smallest absolute Gasteiger partial charge is 0.246 e. The zero-order valence-electron chi connectivity index (χ0n) is 15.7. The van der Waals surface area contributed by atoms with E-state index in [0.29, 0.717) is 0 Å². The number of rotatable bonds is 13. The standard InChI is InChI=1S/C22H37NO/c1-2-3-4-5-6-7-8-9-10-11-12-13-14-15-16-19-22(24)23-20-17-18-21-23/h5-6,14-16,19H,2-4,7-13,17-18,20-21H2,1H3/b6-5-,15-14+,19-16+. The number of allylic oxidation sites excluding steroid dienone is 5. The first-order chi connectivity index (χ1) is 11.8. The van der Waals surface area contributed by atoms with Crippen LogP contribution < -0.4 is 0 Å². The molecule has 0 aromatic heterocycles. The van der Waals surface area contributed by atoms with Crippen molar-refractivity contribution in [2.24, 2.45) is 0 Å². The van der Waals surface area contributed by atoms with Crippen molar-refractivity contribution < 1.29 is 4.79 Å². The van der Waals surface area contributed by atoms with Gasteiger partial charge in [0.15, 0.2) is 0 Å². The Balaban J connectivity index is 1.87. The molecule has 24 heavy (non-hydrogen) atoms. The van der Waals surface area contributed by atoms with Crippen LogP contribution >= 0.6 is 0 Å².